The third kappa shape index (κ3) is 2.41. The van der Waals surface area contributed by atoms with Gasteiger partial charge in [-0.1, -0.05) is 20.8 Å². The molecule has 1 aliphatic heterocycles. The standard InChI is InChI=1S/C10H19NO4/c1-10(2,3)8-7(13)6(12)4-5-11(8)9(14)15/h6-8,12-13H,4-5H2,1-3H3,(H,14,15). The van der Waals surface area contributed by atoms with Crippen LogP contribution in [0.15, 0.2) is 0 Å². The van der Waals surface area contributed by atoms with Gasteiger partial charge in [0.25, 0.3) is 0 Å². The van der Waals surface area contributed by atoms with Gasteiger partial charge in [-0.15, -0.1) is 0 Å². The normalized spacial score (nSPS) is 32.9. The Hall–Kier alpha value is -0.810. The summed E-state index contributed by atoms with van der Waals surface area (Å²) >= 11 is 0. The maximum atomic E-state index is 11.0. The topological polar surface area (TPSA) is 81.0 Å². The lowest BCUT2D eigenvalue weighted by atomic mass is 9.78. The van der Waals surface area contributed by atoms with Crippen LogP contribution in [0, 0.1) is 5.41 Å². The van der Waals surface area contributed by atoms with Crippen LogP contribution in [0.5, 0.6) is 0 Å². The van der Waals surface area contributed by atoms with E-state index in [9.17, 15) is 15.0 Å². The van der Waals surface area contributed by atoms with Crippen LogP contribution < -0.4 is 0 Å². The zero-order valence-corrected chi connectivity index (χ0v) is 9.34. The number of carboxylic acid groups (broad SMARTS) is 1. The van der Waals surface area contributed by atoms with Crippen molar-refractivity contribution in [2.24, 2.45) is 5.41 Å². The number of likely N-dealkylation sites (tertiary alicyclic amines) is 1. The van der Waals surface area contributed by atoms with E-state index in [1.165, 1.54) is 4.90 Å². The number of rotatable bonds is 0. The van der Waals surface area contributed by atoms with Crippen molar-refractivity contribution in [2.45, 2.75) is 45.4 Å². The van der Waals surface area contributed by atoms with Gasteiger partial charge in [-0.25, -0.2) is 4.79 Å². The van der Waals surface area contributed by atoms with Crippen LogP contribution in [0.25, 0.3) is 0 Å². The molecule has 0 saturated carbocycles. The molecule has 0 spiro atoms. The Kier molecular flexibility index (Phi) is 3.25. The summed E-state index contributed by atoms with van der Waals surface area (Å²) in [6, 6.07) is -0.557. The van der Waals surface area contributed by atoms with Crippen molar-refractivity contribution in [3.63, 3.8) is 0 Å². The second-order valence-corrected chi connectivity index (χ2v) is 5.13. The first-order chi connectivity index (χ1) is 6.75. The van der Waals surface area contributed by atoms with Gasteiger partial charge in [0.15, 0.2) is 0 Å². The highest BCUT2D eigenvalue weighted by Crippen LogP contribution is 2.32. The number of carbonyl (C=O) groups is 1. The van der Waals surface area contributed by atoms with Crippen molar-refractivity contribution < 1.29 is 20.1 Å². The maximum Gasteiger partial charge on any atom is 0.407 e. The van der Waals surface area contributed by atoms with Crippen molar-refractivity contribution in [2.75, 3.05) is 6.54 Å². The lowest BCUT2D eigenvalue weighted by Gasteiger charge is -2.46. The van der Waals surface area contributed by atoms with Gasteiger partial charge in [-0.3, -0.25) is 0 Å². The highest BCUT2D eigenvalue weighted by molar-refractivity contribution is 5.66. The maximum absolute atomic E-state index is 11.0. The van der Waals surface area contributed by atoms with Crippen molar-refractivity contribution in [3.05, 3.63) is 0 Å². The van der Waals surface area contributed by atoms with Crippen LogP contribution >= 0.6 is 0 Å². The first kappa shape index (κ1) is 12.3. The Morgan fingerprint density at radius 3 is 2.27 bits per heavy atom. The quantitative estimate of drug-likeness (QED) is 0.552. The fraction of sp³-hybridized carbons (Fsp3) is 0.900. The van der Waals surface area contributed by atoms with Gasteiger partial charge in [0.1, 0.15) is 6.10 Å². The molecule has 0 aromatic heterocycles. The Morgan fingerprint density at radius 2 is 1.87 bits per heavy atom. The molecule has 0 aromatic carbocycles. The van der Waals surface area contributed by atoms with Crippen LogP contribution in [0.2, 0.25) is 0 Å². The second kappa shape index (κ2) is 3.98. The van der Waals surface area contributed by atoms with Gasteiger partial charge in [-0.05, 0) is 11.8 Å². The molecule has 0 radical (unpaired) electrons. The van der Waals surface area contributed by atoms with Crippen molar-refractivity contribution >= 4 is 6.09 Å². The number of hydrogen-bond acceptors (Lipinski definition) is 3. The van der Waals surface area contributed by atoms with Crippen LogP contribution in [0.1, 0.15) is 27.2 Å². The summed E-state index contributed by atoms with van der Waals surface area (Å²) in [7, 11) is 0. The largest absolute Gasteiger partial charge is 0.465 e. The molecular weight excluding hydrogens is 198 g/mol. The highest BCUT2D eigenvalue weighted by atomic mass is 16.4. The van der Waals surface area contributed by atoms with Gasteiger partial charge in [-0.2, -0.15) is 0 Å². The predicted octanol–water partition coefficient (Wildman–Crippen LogP) is 0.507. The van der Waals surface area contributed by atoms with E-state index in [4.69, 9.17) is 5.11 Å². The van der Waals surface area contributed by atoms with Crippen LogP contribution in [0.3, 0.4) is 0 Å². The summed E-state index contributed by atoms with van der Waals surface area (Å²) in [5.41, 5.74) is -0.390. The Labute approximate surface area is 89.3 Å². The molecule has 1 saturated heterocycles. The number of piperidine rings is 1. The zero-order chi connectivity index (χ0) is 11.8. The van der Waals surface area contributed by atoms with E-state index in [0.29, 0.717) is 6.42 Å². The molecule has 88 valence electrons. The van der Waals surface area contributed by atoms with Crippen molar-refractivity contribution in [1.29, 1.82) is 0 Å². The lowest BCUT2D eigenvalue weighted by Crippen LogP contribution is -2.61. The Morgan fingerprint density at radius 1 is 1.33 bits per heavy atom. The molecule has 1 heterocycles. The molecular formula is C10H19NO4. The Balaban J connectivity index is 2.95. The molecule has 1 rings (SSSR count). The predicted molar refractivity (Wildman–Crippen MR) is 54.6 cm³/mol. The number of aliphatic hydroxyl groups is 2. The second-order valence-electron chi connectivity index (χ2n) is 5.13. The van der Waals surface area contributed by atoms with Gasteiger partial charge in [0.2, 0.25) is 0 Å². The lowest BCUT2D eigenvalue weighted by molar-refractivity contribution is -0.0976. The van der Waals surface area contributed by atoms with Gasteiger partial charge < -0.3 is 20.2 Å². The number of aliphatic hydroxyl groups excluding tert-OH is 2. The van der Waals surface area contributed by atoms with Crippen molar-refractivity contribution in [3.8, 4) is 0 Å². The molecule has 3 atom stereocenters. The summed E-state index contributed by atoms with van der Waals surface area (Å²) in [4.78, 5) is 12.2. The third-order valence-corrected chi connectivity index (χ3v) is 2.85. The van der Waals surface area contributed by atoms with Crippen LogP contribution in [-0.4, -0.2) is 51.1 Å². The van der Waals surface area contributed by atoms with Crippen LogP contribution in [0.4, 0.5) is 4.79 Å². The van der Waals surface area contributed by atoms with E-state index in [-0.39, 0.29) is 12.0 Å². The molecule has 0 bridgehead atoms. The third-order valence-electron chi connectivity index (χ3n) is 2.85. The smallest absolute Gasteiger partial charge is 0.407 e. The summed E-state index contributed by atoms with van der Waals surface area (Å²) in [6.45, 7) is 5.84. The fourth-order valence-electron chi connectivity index (χ4n) is 2.17. The van der Waals surface area contributed by atoms with E-state index >= 15 is 0 Å². The first-order valence-electron chi connectivity index (χ1n) is 5.11. The molecule has 1 aliphatic rings. The molecule has 3 unspecified atom stereocenters. The van der Waals surface area contributed by atoms with Crippen molar-refractivity contribution in [1.82, 2.24) is 4.90 Å². The monoisotopic (exact) mass is 217 g/mol. The molecule has 5 nitrogen and oxygen atoms in total. The molecule has 3 N–H and O–H groups in total. The summed E-state index contributed by atoms with van der Waals surface area (Å²) in [6.07, 6.45) is -2.58. The summed E-state index contributed by atoms with van der Waals surface area (Å²) in [5.74, 6) is 0. The average molecular weight is 217 g/mol. The minimum Gasteiger partial charge on any atom is -0.465 e. The average Bonchev–Trinajstić information content (AvgIpc) is 2.06. The molecule has 0 aliphatic carbocycles. The molecule has 1 fully saturated rings. The van der Waals surface area contributed by atoms with E-state index in [2.05, 4.69) is 0 Å². The SMILES string of the molecule is CC(C)(C)C1C(O)C(O)CCN1C(=O)O. The molecule has 0 aromatic rings. The number of amides is 1. The van der Waals surface area contributed by atoms with Crippen LogP contribution in [-0.2, 0) is 0 Å². The van der Waals surface area contributed by atoms with E-state index in [0.717, 1.165) is 0 Å². The van der Waals surface area contributed by atoms with E-state index < -0.39 is 24.3 Å². The van der Waals surface area contributed by atoms with Gasteiger partial charge in [0.05, 0.1) is 12.1 Å². The minimum atomic E-state index is -1.04. The number of hydrogen-bond donors (Lipinski definition) is 3. The van der Waals surface area contributed by atoms with E-state index in [1.807, 2.05) is 20.8 Å². The first-order valence-corrected chi connectivity index (χ1v) is 5.11. The van der Waals surface area contributed by atoms with Gasteiger partial charge in [0, 0.05) is 6.54 Å². The molecule has 1 amide bonds. The summed E-state index contributed by atoms with van der Waals surface area (Å²) in [5, 5.41) is 28.4. The number of nitrogens with zero attached hydrogens (tertiary/aromatic N) is 1. The molecule has 15 heavy (non-hydrogen) atoms. The minimum absolute atomic E-state index is 0.273. The zero-order valence-electron chi connectivity index (χ0n) is 9.34. The Bertz CT molecular complexity index is 248. The summed E-state index contributed by atoms with van der Waals surface area (Å²) < 4.78 is 0. The fourth-order valence-corrected chi connectivity index (χ4v) is 2.17. The van der Waals surface area contributed by atoms with E-state index in [1.54, 1.807) is 0 Å². The molecule has 5 heteroatoms. The highest BCUT2D eigenvalue weighted by Gasteiger charge is 2.44. The van der Waals surface area contributed by atoms with Gasteiger partial charge >= 0.3 is 6.09 Å².